The molecule has 2 aromatic rings. The minimum Gasteiger partial charge on any atom is -0.494 e. The Hall–Kier alpha value is -3.42. The first-order chi connectivity index (χ1) is 15.4. The summed E-state index contributed by atoms with van der Waals surface area (Å²) in [6.07, 6.45) is 2.79. The quantitative estimate of drug-likeness (QED) is 0.780. The van der Waals surface area contributed by atoms with Gasteiger partial charge < -0.3 is 19.9 Å². The fraction of sp³-hybridized carbons (Fsp3) is 0.375. The molecule has 166 valence electrons. The molecule has 3 aliphatic rings. The highest BCUT2D eigenvalue weighted by Gasteiger charge is 2.38. The zero-order chi connectivity index (χ0) is 22.4. The largest absolute Gasteiger partial charge is 0.494 e. The van der Waals surface area contributed by atoms with E-state index in [0.29, 0.717) is 12.2 Å². The molecule has 1 saturated carbocycles. The monoisotopic (exact) mass is 437 g/mol. The van der Waals surface area contributed by atoms with Crippen LogP contribution in [-0.4, -0.2) is 37.9 Å². The van der Waals surface area contributed by atoms with Crippen LogP contribution in [0, 0.1) is 17.7 Å². The Morgan fingerprint density at radius 3 is 2.66 bits per heavy atom. The summed E-state index contributed by atoms with van der Waals surface area (Å²) in [5.74, 6) is -1.10. The van der Waals surface area contributed by atoms with Crippen molar-refractivity contribution < 1.29 is 23.5 Å². The highest BCUT2D eigenvalue weighted by molar-refractivity contribution is 6.04. The van der Waals surface area contributed by atoms with E-state index in [4.69, 9.17) is 4.74 Å². The maximum Gasteiger partial charge on any atom is 0.230 e. The van der Waals surface area contributed by atoms with Gasteiger partial charge in [0.15, 0.2) is 11.6 Å². The van der Waals surface area contributed by atoms with Crippen LogP contribution in [0.25, 0.3) is 0 Å². The predicted molar refractivity (Wildman–Crippen MR) is 117 cm³/mol. The minimum atomic E-state index is -0.568. The molecule has 0 aromatic heterocycles. The number of ether oxygens (including phenoxy) is 1. The average molecular weight is 437 g/mol. The fourth-order valence-corrected chi connectivity index (χ4v) is 4.46. The van der Waals surface area contributed by atoms with Gasteiger partial charge in [-0.3, -0.25) is 14.4 Å². The van der Waals surface area contributed by atoms with Gasteiger partial charge in [-0.25, -0.2) is 4.39 Å². The fourth-order valence-electron chi connectivity index (χ4n) is 4.46. The molecule has 1 N–H and O–H groups in total. The first-order valence-electron chi connectivity index (χ1n) is 10.8. The number of nitrogens with zero attached hydrogens (tertiary/aromatic N) is 2. The van der Waals surface area contributed by atoms with Crippen molar-refractivity contribution in [2.45, 2.75) is 25.7 Å². The molecule has 2 fully saturated rings. The second-order valence-electron chi connectivity index (χ2n) is 8.57. The molecule has 5 rings (SSSR count). The number of anilines is 3. The van der Waals surface area contributed by atoms with Crippen molar-refractivity contribution in [3.8, 4) is 5.75 Å². The number of halogens is 1. The maximum atomic E-state index is 13.9. The van der Waals surface area contributed by atoms with E-state index in [1.165, 1.54) is 19.2 Å². The van der Waals surface area contributed by atoms with Gasteiger partial charge >= 0.3 is 0 Å². The molecule has 2 aromatic carbocycles. The van der Waals surface area contributed by atoms with Gasteiger partial charge in [-0.05, 0) is 55.2 Å². The lowest BCUT2D eigenvalue weighted by atomic mass is 10.1. The van der Waals surface area contributed by atoms with E-state index in [1.54, 1.807) is 11.0 Å². The van der Waals surface area contributed by atoms with Gasteiger partial charge in [-0.2, -0.15) is 0 Å². The number of rotatable bonds is 5. The topological polar surface area (TPSA) is 79.0 Å². The first-order valence-corrected chi connectivity index (χ1v) is 10.8. The van der Waals surface area contributed by atoms with Crippen LogP contribution >= 0.6 is 0 Å². The molecule has 3 amide bonds. The van der Waals surface area contributed by atoms with E-state index in [1.807, 2.05) is 23.1 Å². The molecule has 7 nitrogen and oxygen atoms in total. The van der Waals surface area contributed by atoms with Crippen molar-refractivity contribution in [3.63, 3.8) is 0 Å². The number of nitrogens with one attached hydrogen (secondary N) is 1. The SMILES string of the molecule is COc1ccc(NC(=O)[C@H]2CC(=O)N(c3ccc4c(c3)CCN4C(=O)C3CC3)C2)cc1F. The van der Waals surface area contributed by atoms with Gasteiger partial charge in [-0.15, -0.1) is 0 Å². The summed E-state index contributed by atoms with van der Waals surface area (Å²) in [7, 11) is 1.37. The van der Waals surface area contributed by atoms with Crippen molar-refractivity contribution in [1.29, 1.82) is 0 Å². The van der Waals surface area contributed by atoms with Gasteiger partial charge in [0.1, 0.15) is 0 Å². The third kappa shape index (κ3) is 3.70. The third-order valence-electron chi connectivity index (χ3n) is 6.38. The van der Waals surface area contributed by atoms with Crippen LogP contribution in [0.15, 0.2) is 36.4 Å². The van der Waals surface area contributed by atoms with E-state index < -0.39 is 11.7 Å². The van der Waals surface area contributed by atoms with Gasteiger partial charge in [0.25, 0.3) is 0 Å². The van der Waals surface area contributed by atoms with E-state index in [9.17, 15) is 18.8 Å². The van der Waals surface area contributed by atoms with Crippen LogP contribution in [0.4, 0.5) is 21.5 Å². The Balaban J connectivity index is 1.27. The van der Waals surface area contributed by atoms with E-state index in [2.05, 4.69) is 5.32 Å². The smallest absolute Gasteiger partial charge is 0.230 e. The summed E-state index contributed by atoms with van der Waals surface area (Å²) in [4.78, 5) is 41.3. The van der Waals surface area contributed by atoms with Gasteiger partial charge in [0.2, 0.25) is 17.7 Å². The Kier molecular flexibility index (Phi) is 5.07. The van der Waals surface area contributed by atoms with Crippen molar-refractivity contribution in [1.82, 2.24) is 0 Å². The molecule has 0 radical (unpaired) electrons. The van der Waals surface area contributed by atoms with Crippen molar-refractivity contribution in [3.05, 3.63) is 47.8 Å². The molecule has 0 bridgehead atoms. The molecule has 2 heterocycles. The lowest BCUT2D eigenvalue weighted by Crippen LogP contribution is -2.30. The molecule has 0 unspecified atom stereocenters. The molecule has 1 atom stereocenters. The molecular formula is C24H24FN3O4. The van der Waals surface area contributed by atoms with Crippen molar-refractivity contribution in [2.24, 2.45) is 11.8 Å². The normalized spacial score (nSPS) is 19.8. The predicted octanol–water partition coefficient (Wildman–Crippen LogP) is 3.13. The number of carbonyl (C=O) groups is 3. The van der Waals surface area contributed by atoms with Gasteiger partial charge in [-0.1, -0.05) is 0 Å². The van der Waals surface area contributed by atoms with E-state index in [-0.39, 0.29) is 42.4 Å². The molecule has 2 aliphatic heterocycles. The van der Waals surface area contributed by atoms with Crippen LogP contribution in [0.1, 0.15) is 24.8 Å². The van der Waals surface area contributed by atoms with Gasteiger partial charge in [0.05, 0.1) is 13.0 Å². The zero-order valence-electron chi connectivity index (χ0n) is 17.8. The average Bonchev–Trinajstić information content (AvgIpc) is 3.43. The van der Waals surface area contributed by atoms with Gasteiger partial charge in [0, 0.05) is 48.6 Å². The molecule has 1 aliphatic carbocycles. The first kappa shape index (κ1) is 20.5. The molecule has 32 heavy (non-hydrogen) atoms. The number of amides is 3. The van der Waals surface area contributed by atoms with Crippen LogP contribution in [0.5, 0.6) is 5.75 Å². The molecule has 8 heteroatoms. The van der Waals surface area contributed by atoms with Crippen molar-refractivity contribution in [2.75, 3.05) is 35.3 Å². The van der Waals surface area contributed by atoms with Crippen LogP contribution in [0.3, 0.4) is 0 Å². The second kappa shape index (κ2) is 7.93. The molecular weight excluding hydrogens is 413 g/mol. The number of carbonyl (C=O) groups excluding carboxylic acids is 3. The maximum absolute atomic E-state index is 13.9. The van der Waals surface area contributed by atoms with Crippen molar-refractivity contribution >= 4 is 34.8 Å². The Morgan fingerprint density at radius 1 is 1.12 bits per heavy atom. The third-order valence-corrected chi connectivity index (χ3v) is 6.38. The highest BCUT2D eigenvalue weighted by atomic mass is 19.1. The Labute approximate surface area is 185 Å². The van der Waals surface area contributed by atoms with Crippen LogP contribution in [0.2, 0.25) is 0 Å². The minimum absolute atomic E-state index is 0.0911. The molecule has 0 spiro atoms. The summed E-state index contributed by atoms with van der Waals surface area (Å²) >= 11 is 0. The summed E-state index contributed by atoms with van der Waals surface area (Å²) in [5.41, 5.74) is 3.02. The summed E-state index contributed by atoms with van der Waals surface area (Å²) in [5, 5.41) is 2.69. The summed E-state index contributed by atoms with van der Waals surface area (Å²) in [6.45, 7) is 0.929. The van der Waals surface area contributed by atoms with E-state index in [0.717, 1.165) is 36.2 Å². The molecule has 1 saturated heterocycles. The number of hydrogen-bond acceptors (Lipinski definition) is 4. The number of hydrogen-bond donors (Lipinski definition) is 1. The lowest BCUT2D eigenvalue weighted by Gasteiger charge is -2.20. The summed E-state index contributed by atoms with van der Waals surface area (Å²) < 4.78 is 18.8. The second-order valence-corrected chi connectivity index (χ2v) is 8.57. The zero-order valence-corrected chi connectivity index (χ0v) is 17.8. The van der Waals surface area contributed by atoms with E-state index >= 15 is 0 Å². The Bertz CT molecular complexity index is 1110. The number of methoxy groups -OCH3 is 1. The highest BCUT2D eigenvalue weighted by Crippen LogP contribution is 2.38. The summed E-state index contributed by atoms with van der Waals surface area (Å²) in [6, 6.07) is 9.89. The van der Waals surface area contributed by atoms with Crippen LogP contribution < -0.4 is 19.9 Å². The lowest BCUT2D eigenvalue weighted by molar-refractivity contribution is -0.122. The number of benzene rings is 2. The Morgan fingerprint density at radius 2 is 1.94 bits per heavy atom. The standard InChI is InChI=1S/C24H24FN3O4/c1-32-21-7-4-17(12-19(21)25)26-23(30)16-11-22(29)28(13-16)18-5-6-20-15(10-18)8-9-27(20)24(31)14-2-3-14/h4-7,10,12,14,16H,2-3,8-9,11,13H2,1H3,(H,26,30)/t16-/m0/s1. The van der Waals surface area contributed by atoms with Crippen LogP contribution in [-0.2, 0) is 20.8 Å². The number of fused-ring (bicyclic) bond motifs is 1.